The van der Waals surface area contributed by atoms with Crippen LogP contribution < -0.4 is 14.8 Å². The van der Waals surface area contributed by atoms with E-state index in [1.165, 1.54) is 5.56 Å². The molecule has 0 spiro atoms. The summed E-state index contributed by atoms with van der Waals surface area (Å²) in [5.41, 5.74) is 1.17. The maximum absolute atomic E-state index is 5.41. The highest BCUT2D eigenvalue weighted by Gasteiger charge is 2.16. The van der Waals surface area contributed by atoms with Crippen molar-refractivity contribution in [2.45, 2.75) is 32.4 Å². The molecule has 1 aromatic heterocycles. The molecule has 0 saturated heterocycles. The lowest BCUT2D eigenvalue weighted by molar-refractivity contribution is 0.174. The van der Waals surface area contributed by atoms with Crippen LogP contribution >= 0.6 is 15.9 Å². The maximum Gasteiger partial charge on any atom is 0.231 e. The van der Waals surface area contributed by atoms with E-state index in [1.807, 2.05) is 24.3 Å². The zero-order valence-corrected chi connectivity index (χ0v) is 13.5. The van der Waals surface area contributed by atoms with Gasteiger partial charge in [-0.3, -0.25) is 0 Å². The molecule has 0 bridgehead atoms. The first-order valence-corrected chi connectivity index (χ1v) is 7.85. The molecule has 3 rings (SSSR count). The average molecular weight is 352 g/mol. The van der Waals surface area contributed by atoms with E-state index >= 15 is 0 Å². The van der Waals surface area contributed by atoms with Crippen molar-refractivity contribution < 1.29 is 13.9 Å². The number of aryl methyl sites for hydroxylation is 1. The number of ether oxygens (including phenoxy) is 2. The van der Waals surface area contributed by atoms with Gasteiger partial charge in [0.25, 0.3) is 0 Å². The molecule has 4 nitrogen and oxygen atoms in total. The highest BCUT2D eigenvalue weighted by Crippen LogP contribution is 2.36. The van der Waals surface area contributed by atoms with E-state index in [1.54, 1.807) is 6.26 Å². The predicted octanol–water partition coefficient (Wildman–Crippen LogP) is 3.88. The Labute approximate surface area is 132 Å². The van der Waals surface area contributed by atoms with Crippen molar-refractivity contribution in [1.82, 2.24) is 5.32 Å². The van der Waals surface area contributed by atoms with E-state index in [0.29, 0.717) is 12.8 Å². The number of nitrogens with one attached hydrogen (secondary N) is 1. The van der Waals surface area contributed by atoms with Gasteiger partial charge in [0.2, 0.25) is 6.79 Å². The molecule has 21 heavy (non-hydrogen) atoms. The summed E-state index contributed by atoms with van der Waals surface area (Å²) < 4.78 is 17.2. The van der Waals surface area contributed by atoms with E-state index in [9.17, 15) is 0 Å². The van der Waals surface area contributed by atoms with Crippen molar-refractivity contribution >= 4 is 15.9 Å². The number of benzene rings is 1. The summed E-state index contributed by atoms with van der Waals surface area (Å²) in [6.07, 6.45) is 3.70. The Kier molecular flexibility index (Phi) is 4.51. The average Bonchev–Trinajstić information content (AvgIpc) is 3.13. The predicted molar refractivity (Wildman–Crippen MR) is 83.6 cm³/mol. The molecule has 1 aliphatic heterocycles. The second-order valence-electron chi connectivity index (χ2n) is 5.20. The molecule has 112 valence electrons. The molecular formula is C16H18BrNO3. The van der Waals surface area contributed by atoms with E-state index in [0.717, 1.165) is 41.1 Å². The van der Waals surface area contributed by atoms with Crippen molar-refractivity contribution in [3.05, 3.63) is 46.3 Å². The van der Waals surface area contributed by atoms with Crippen LogP contribution in [0.25, 0.3) is 0 Å². The fraction of sp³-hybridized carbons (Fsp3) is 0.375. The third kappa shape index (κ3) is 3.60. The molecule has 0 aliphatic carbocycles. The topological polar surface area (TPSA) is 43.6 Å². The monoisotopic (exact) mass is 351 g/mol. The van der Waals surface area contributed by atoms with Crippen LogP contribution in [0.4, 0.5) is 0 Å². The fourth-order valence-electron chi connectivity index (χ4n) is 2.29. The smallest absolute Gasteiger partial charge is 0.231 e. The molecular weight excluding hydrogens is 334 g/mol. The normalized spacial score (nSPS) is 14.4. The lowest BCUT2D eigenvalue weighted by Crippen LogP contribution is -2.26. The molecule has 1 unspecified atom stereocenters. The van der Waals surface area contributed by atoms with Crippen molar-refractivity contribution in [1.29, 1.82) is 0 Å². The van der Waals surface area contributed by atoms with Gasteiger partial charge in [0.05, 0.1) is 6.26 Å². The van der Waals surface area contributed by atoms with Gasteiger partial charge in [-0.15, -0.1) is 0 Å². The van der Waals surface area contributed by atoms with Gasteiger partial charge in [-0.2, -0.15) is 0 Å². The van der Waals surface area contributed by atoms with Crippen LogP contribution in [0.3, 0.4) is 0 Å². The van der Waals surface area contributed by atoms with Crippen LogP contribution in [-0.2, 0) is 13.0 Å². The molecule has 5 heteroatoms. The zero-order chi connectivity index (χ0) is 14.7. The van der Waals surface area contributed by atoms with Crippen molar-refractivity contribution in [3.8, 4) is 11.5 Å². The molecule has 1 atom stereocenters. The Morgan fingerprint density at radius 3 is 2.86 bits per heavy atom. The highest BCUT2D eigenvalue weighted by molar-refractivity contribution is 9.10. The van der Waals surface area contributed by atoms with Gasteiger partial charge < -0.3 is 19.2 Å². The van der Waals surface area contributed by atoms with Gasteiger partial charge in [-0.1, -0.05) is 15.9 Å². The molecule has 0 saturated carbocycles. The van der Waals surface area contributed by atoms with Crippen LogP contribution in [0.2, 0.25) is 0 Å². The summed E-state index contributed by atoms with van der Waals surface area (Å²) in [5, 5.41) is 3.53. The van der Waals surface area contributed by atoms with Gasteiger partial charge in [0.1, 0.15) is 5.76 Å². The minimum Gasteiger partial charge on any atom is -0.469 e. The summed E-state index contributed by atoms with van der Waals surface area (Å²) in [4.78, 5) is 0. The lowest BCUT2D eigenvalue weighted by Gasteiger charge is -2.14. The Balaban J connectivity index is 1.52. The van der Waals surface area contributed by atoms with Crippen LogP contribution in [0.15, 0.2) is 39.4 Å². The summed E-state index contributed by atoms with van der Waals surface area (Å²) >= 11 is 3.58. The Morgan fingerprint density at radius 1 is 1.29 bits per heavy atom. The lowest BCUT2D eigenvalue weighted by atomic mass is 10.1. The molecule has 0 radical (unpaired) electrons. The summed E-state index contributed by atoms with van der Waals surface area (Å²) in [6.45, 7) is 3.28. The number of fused-ring (bicyclic) bond motifs is 1. The number of rotatable bonds is 6. The minimum atomic E-state index is 0.304. The SMILES string of the molecule is CC(CCc1ccco1)NCc1cc2c(cc1Br)OCO2. The summed E-state index contributed by atoms with van der Waals surface area (Å²) in [5.74, 6) is 2.66. The standard InChI is InChI=1S/C16H18BrNO3/c1-11(4-5-13-3-2-6-19-13)18-9-12-7-15-16(8-14(12)17)21-10-20-15/h2-3,6-8,11,18H,4-5,9-10H2,1H3. The third-order valence-corrected chi connectivity index (χ3v) is 4.32. The van der Waals surface area contributed by atoms with Crippen LogP contribution in [0, 0.1) is 0 Å². The Hall–Kier alpha value is -1.46. The second-order valence-corrected chi connectivity index (χ2v) is 6.05. The minimum absolute atomic E-state index is 0.304. The van der Waals surface area contributed by atoms with Crippen LogP contribution in [0.1, 0.15) is 24.7 Å². The largest absolute Gasteiger partial charge is 0.469 e. The Morgan fingerprint density at radius 2 is 2.10 bits per heavy atom. The Bertz CT molecular complexity index is 598. The molecule has 1 N–H and O–H groups in total. The van der Waals surface area contributed by atoms with Crippen molar-refractivity contribution in [2.75, 3.05) is 6.79 Å². The van der Waals surface area contributed by atoms with E-state index < -0.39 is 0 Å². The summed E-state index contributed by atoms with van der Waals surface area (Å²) in [6, 6.07) is 8.34. The van der Waals surface area contributed by atoms with Gasteiger partial charge in [-0.05, 0) is 43.2 Å². The highest BCUT2D eigenvalue weighted by atomic mass is 79.9. The van der Waals surface area contributed by atoms with Gasteiger partial charge in [0.15, 0.2) is 11.5 Å². The number of halogens is 1. The zero-order valence-electron chi connectivity index (χ0n) is 11.9. The molecule has 1 aromatic carbocycles. The van der Waals surface area contributed by atoms with Crippen molar-refractivity contribution in [2.24, 2.45) is 0 Å². The third-order valence-electron chi connectivity index (χ3n) is 3.59. The first-order valence-electron chi connectivity index (χ1n) is 7.06. The van der Waals surface area contributed by atoms with Crippen molar-refractivity contribution in [3.63, 3.8) is 0 Å². The maximum atomic E-state index is 5.41. The number of hydrogen-bond donors (Lipinski definition) is 1. The quantitative estimate of drug-likeness (QED) is 0.857. The molecule has 2 heterocycles. The van der Waals surface area contributed by atoms with Gasteiger partial charge >= 0.3 is 0 Å². The van der Waals surface area contributed by atoms with E-state index in [2.05, 4.69) is 28.2 Å². The number of hydrogen-bond acceptors (Lipinski definition) is 4. The van der Waals surface area contributed by atoms with Crippen LogP contribution in [-0.4, -0.2) is 12.8 Å². The summed E-state index contributed by atoms with van der Waals surface area (Å²) in [7, 11) is 0. The first kappa shape index (κ1) is 14.5. The second kappa shape index (κ2) is 6.54. The fourth-order valence-corrected chi connectivity index (χ4v) is 2.76. The van der Waals surface area contributed by atoms with Crippen LogP contribution in [0.5, 0.6) is 11.5 Å². The van der Waals surface area contributed by atoms with Gasteiger partial charge in [-0.25, -0.2) is 0 Å². The molecule has 0 fully saturated rings. The molecule has 2 aromatic rings. The van der Waals surface area contributed by atoms with E-state index in [4.69, 9.17) is 13.9 Å². The number of furan rings is 1. The molecule has 1 aliphatic rings. The first-order chi connectivity index (χ1) is 10.2. The van der Waals surface area contributed by atoms with Gasteiger partial charge in [0, 0.05) is 23.5 Å². The van der Waals surface area contributed by atoms with E-state index in [-0.39, 0.29) is 0 Å². The molecule has 0 amide bonds.